The summed E-state index contributed by atoms with van der Waals surface area (Å²) >= 11 is 5.98. The second-order valence-corrected chi connectivity index (χ2v) is 3.60. The number of esters is 1. The van der Waals surface area contributed by atoms with Gasteiger partial charge < -0.3 is 14.8 Å². The first-order valence-electron chi connectivity index (χ1n) is 5.24. The minimum absolute atomic E-state index is 0.324. The number of carbonyl (C=O) groups excluding carboxylic acids is 1. The van der Waals surface area contributed by atoms with Gasteiger partial charge in [0.25, 0.3) is 0 Å². The fourth-order valence-electron chi connectivity index (χ4n) is 1.17. The summed E-state index contributed by atoms with van der Waals surface area (Å²) in [4.78, 5) is 15.5. The Morgan fingerprint density at radius 2 is 2.35 bits per heavy atom. The molecule has 94 valence electrons. The third kappa shape index (κ3) is 4.20. The number of pyridine rings is 1. The number of hydrogen-bond acceptors (Lipinski definition) is 5. The molecule has 0 aromatic carbocycles. The summed E-state index contributed by atoms with van der Waals surface area (Å²) in [6, 6.07) is 1.53. The molecule has 1 aromatic heterocycles. The van der Waals surface area contributed by atoms with E-state index in [1.165, 1.54) is 12.3 Å². The number of rotatable bonds is 6. The molecule has 0 spiro atoms. The number of nitrogens with one attached hydrogen (secondary N) is 1. The molecule has 5 nitrogen and oxygen atoms in total. The molecule has 0 radical (unpaired) electrons. The second kappa shape index (κ2) is 7.09. The van der Waals surface area contributed by atoms with Crippen molar-refractivity contribution in [2.45, 2.75) is 6.92 Å². The Morgan fingerprint density at radius 1 is 1.59 bits per heavy atom. The molecule has 0 fully saturated rings. The highest BCUT2D eigenvalue weighted by molar-refractivity contribution is 6.33. The van der Waals surface area contributed by atoms with Crippen molar-refractivity contribution < 1.29 is 14.3 Å². The van der Waals surface area contributed by atoms with Crippen LogP contribution in [0, 0.1) is 0 Å². The van der Waals surface area contributed by atoms with Crippen LogP contribution in [0.4, 0.5) is 5.82 Å². The summed E-state index contributed by atoms with van der Waals surface area (Å²) < 4.78 is 9.73. The van der Waals surface area contributed by atoms with Crippen molar-refractivity contribution in [2.24, 2.45) is 0 Å². The van der Waals surface area contributed by atoms with Crippen molar-refractivity contribution in [1.82, 2.24) is 4.98 Å². The summed E-state index contributed by atoms with van der Waals surface area (Å²) in [6.07, 6.45) is 1.43. The molecule has 0 aliphatic carbocycles. The zero-order chi connectivity index (χ0) is 12.7. The summed E-state index contributed by atoms with van der Waals surface area (Å²) in [5.74, 6) is 0.0992. The molecule has 1 rings (SSSR count). The van der Waals surface area contributed by atoms with Gasteiger partial charge in [-0.1, -0.05) is 11.6 Å². The molecular formula is C11H15ClN2O3. The van der Waals surface area contributed by atoms with Gasteiger partial charge in [0, 0.05) is 19.9 Å². The average molecular weight is 259 g/mol. The SMILES string of the molecule is CCOC(=O)c1cnc(NCCOC)c(Cl)c1. The molecule has 1 aromatic rings. The fourth-order valence-corrected chi connectivity index (χ4v) is 1.40. The highest BCUT2D eigenvalue weighted by Crippen LogP contribution is 2.20. The van der Waals surface area contributed by atoms with Crippen molar-refractivity contribution in [3.05, 3.63) is 22.8 Å². The number of methoxy groups -OCH3 is 1. The predicted molar refractivity (Wildman–Crippen MR) is 65.6 cm³/mol. The van der Waals surface area contributed by atoms with Gasteiger partial charge in [0.15, 0.2) is 0 Å². The topological polar surface area (TPSA) is 60.5 Å². The molecule has 1 N–H and O–H groups in total. The highest BCUT2D eigenvalue weighted by Gasteiger charge is 2.10. The average Bonchev–Trinajstić information content (AvgIpc) is 2.31. The van der Waals surface area contributed by atoms with E-state index < -0.39 is 5.97 Å². The molecule has 0 atom stereocenters. The number of halogens is 1. The lowest BCUT2D eigenvalue weighted by atomic mass is 10.3. The van der Waals surface area contributed by atoms with Crippen molar-refractivity contribution in [2.75, 3.05) is 32.2 Å². The first-order chi connectivity index (χ1) is 8.19. The largest absolute Gasteiger partial charge is 0.462 e. The molecule has 1 heterocycles. The molecule has 0 amide bonds. The van der Waals surface area contributed by atoms with E-state index >= 15 is 0 Å². The van der Waals surface area contributed by atoms with E-state index in [-0.39, 0.29) is 0 Å². The van der Waals surface area contributed by atoms with Crippen molar-refractivity contribution >= 4 is 23.4 Å². The van der Waals surface area contributed by atoms with Crippen LogP contribution in [0.25, 0.3) is 0 Å². The lowest BCUT2D eigenvalue weighted by Gasteiger charge is -2.08. The molecule has 17 heavy (non-hydrogen) atoms. The molecule has 0 saturated carbocycles. The van der Waals surface area contributed by atoms with Crippen LogP contribution in [0.15, 0.2) is 12.3 Å². The summed E-state index contributed by atoms with van der Waals surface area (Å²) in [5, 5.41) is 3.37. The van der Waals surface area contributed by atoms with E-state index in [9.17, 15) is 4.79 Å². The van der Waals surface area contributed by atoms with Gasteiger partial charge >= 0.3 is 5.97 Å². The predicted octanol–water partition coefficient (Wildman–Crippen LogP) is 1.97. The number of aromatic nitrogens is 1. The normalized spacial score (nSPS) is 10.1. The van der Waals surface area contributed by atoms with Gasteiger partial charge in [-0.3, -0.25) is 0 Å². The number of anilines is 1. The first-order valence-corrected chi connectivity index (χ1v) is 5.62. The molecule has 0 aliphatic rings. The van der Waals surface area contributed by atoms with E-state index in [0.29, 0.717) is 36.2 Å². The zero-order valence-electron chi connectivity index (χ0n) is 9.83. The highest BCUT2D eigenvalue weighted by atomic mass is 35.5. The van der Waals surface area contributed by atoms with Crippen LogP contribution < -0.4 is 5.32 Å². The van der Waals surface area contributed by atoms with Crippen molar-refractivity contribution in [1.29, 1.82) is 0 Å². The Labute approximate surface area is 105 Å². The Balaban J connectivity index is 2.68. The zero-order valence-corrected chi connectivity index (χ0v) is 10.6. The van der Waals surface area contributed by atoms with Crippen LogP contribution in [0.3, 0.4) is 0 Å². The Morgan fingerprint density at radius 3 is 2.94 bits per heavy atom. The Bertz CT molecular complexity index is 385. The smallest absolute Gasteiger partial charge is 0.339 e. The molecule has 0 saturated heterocycles. The van der Waals surface area contributed by atoms with Crippen LogP contribution >= 0.6 is 11.6 Å². The van der Waals surface area contributed by atoms with E-state index in [0.717, 1.165) is 0 Å². The van der Waals surface area contributed by atoms with E-state index in [1.54, 1.807) is 14.0 Å². The third-order valence-electron chi connectivity index (χ3n) is 1.95. The Kier molecular flexibility index (Phi) is 5.72. The van der Waals surface area contributed by atoms with Gasteiger partial charge in [0.2, 0.25) is 0 Å². The van der Waals surface area contributed by atoms with Gasteiger partial charge in [-0.25, -0.2) is 9.78 Å². The lowest BCUT2D eigenvalue weighted by Crippen LogP contribution is -2.10. The van der Waals surface area contributed by atoms with Gasteiger partial charge in [0.05, 0.1) is 23.8 Å². The molecule has 6 heteroatoms. The third-order valence-corrected chi connectivity index (χ3v) is 2.24. The fraction of sp³-hybridized carbons (Fsp3) is 0.455. The van der Waals surface area contributed by atoms with Crippen LogP contribution in [0.5, 0.6) is 0 Å². The minimum Gasteiger partial charge on any atom is -0.462 e. The maximum Gasteiger partial charge on any atom is 0.339 e. The maximum atomic E-state index is 11.4. The standard InChI is InChI=1S/C11H15ClN2O3/c1-3-17-11(15)8-6-9(12)10(14-7-8)13-4-5-16-2/h6-7H,3-5H2,1-2H3,(H,13,14). The lowest BCUT2D eigenvalue weighted by molar-refractivity contribution is 0.0526. The van der Waals surface area contributed by atoms with Crippen LogP contribution in [-0.4, -0.2) is 37.8 Å². The van der Waals surface area contributed by atoms with Gasteiger partial charge in [-0.05, 0) is 13.0 Å². The Hall–Kier alpha value is -1.33. The summed E-state index contributed by atoms with van der Waals surface area (Å²) in [6.45, 7) is 3.22. The van der Waals surface area contributed by atoms with Gasteiger partial charge in [-0.2, -0.15) is 0 Å². The van der Waals surface area contributed by atoms with Crippen molar-refractivity contribution in [3.8, 4) is 0 Å². The summed E-state index contributed by atoms with van der Waals surface area (Å²) in [7, 11) is 1.61. The molecule has 0 bridgehead atoms. The maximum absolute atomic E-state index is 11.4. The molecule has 0 aliphatic heterocycles. The van der Waals surface area contributed by atoms with E-state index in [1.807, 2.05) is 0 Å². The molecule has 0 unspecified atom stereocenters. The molecular weight excluding hydrogens is 244 g/mol. The number of carbonyl (C=O) groups is 1. The number of ether oxygens (including phenoxy) is 2. The first kappa shape index (κ1) is 13.7. The minimum atomic E-state index is -0.426. The van der Waals surface area contributed by atoms with E-state index in [2.05, 4.69) is 10.3 Å². The quantitative estimate of drug-likeness (QED) is 0.624. The van der Waals surface area contributed by atoms with Crippen molar-refractivity contribution in [3.63, 3.8) is 0 Å². The monoisotopic (exact) mass is 258 g/mol. The van der Waals surface area contributed by atoms with Gasteiger partial charge in [-0.15, -0.1) is 0 Å². The van der Waals surface area contributed by atoms with Crippen LogP contribution in [0.2, 0.25) is 5.02 Å². The van der Waals surface area contributed by atoms with Crippen LogP contribution in [0.1, 0.15) is 17.3 Å². The number of nitrogens with zero attached hydrogens (tertiary/aromatic N) is 1. The van der Waals surface area contributed by atoms with Crippen LogP contribution in [-0.2, 0) is 9.47 Å². The van der Waals surface area contributed by atoms with E-state index in [4.69, 9.17) is 21.1 Å². The number of hydrogen-bond donors (Lipinski definition) is 1. The second-order valence-electron chi connectivity index (χ2n) is 3.19. The summed E-state index contributed by atoms with van der Waals surface area (Å²) in [5.41, 5.74) is 0.342. The van der Waals surface area contributed by atoms with Gasteiger partial charge in [0.1, 0.15) is 5.82 Å².